The Labute approximate surface area is 143 Å². The topological polar surface area (TPSA) is 33.0 Å². The normalized spacial score (nSPS) is 12.2. The predicted molar refractivity (Wildman–Crippen MR) is 94.8 cm³/mol. The number of pyridine rings is 1. The highest BCUT2D eigenvalue weighted by atomic mass is 35.5. The van der Waals surface area contributed by atoms with Crippen LogP contribution in [0.1, 0.15) is 51.1 Å². The van der Waals surface area contributed by atoms with Crippen molar-refractivity contribution in [3.8, 4) is 0 Å². The van der Waals surface area contributed by atoms with Gasteiger partial charge in [0.15, 0.2) is 12.4 Å². The van der Waals surface area contributed by atoms with Gasteiger partial charge in [-0.25, -0.2) is 0 Å². The van der Waals surface area contributed by atoms with Crippen molar-refractivity contribution in [3.63, 3.8) is 0 Å². The Kier molecular flexibility index (Phi) is 6.17. The second-order valence-corrected chi connectivity index (χ2v) is 6.20. The number of carbonyl (C=O) groups is 1. The lowest BCUT2D eigenvalue weighted by atomic mass is 9.95. The number of nitrogens with one attached hydrogen (secondary N) is 1. The fraction of sp³-hybridized carbons (Fsp3) is 0.368. The number of rotatable bonds is 6. The van der Waals surface area contributed by atoms with E-state index in [1.165, 1.54) is 5.56 Å². The summed E-state index contributed by atoms with van der Waals surface area (Å²) in [6, 6.07) is 11.1. The summed E-state index contributed by atoms with van der Waals surface area (Å²) in [5.41, 5.74) is 2.08. The zero-order valence-corrected chi connectivity index (χ0v) is 14.7. The second-order valence-electron chi connectivity index (χ2n) is 5.76. The fourth-order valence-electron chi connectivity index (χ4n) is 2.66. The van der Waals surface area contributed by atoms with Crippen molar-refractivity contribution in [2.45, 2.75) is 45.6 Å². The summed E-state index contributed by atoms with van der Waals surface area (Å²) in [4.78, 5) is 12.4. The van der Waals surface area contributed by atoms with Gasteiger partial charge in [-0.05, 0) is 48.6 Å². The molecular formula is C19H24ClN2O+. The minimum Gasteiger partial charge on any atom is -0.320 e. The maximum absolute atomic E-state index is 12.4. The Bertz CT molecular complexity index is 633. The summed E-state index contributed by atoms with van der Waals surface area (Å²) in [6.45, 7) is 6.30. The molecule has 1 heterocycles. The molecule has 0 bridgehead atoms. The van der Waals surface area contributed by atoms with Crippen LogP contribution in [0, 0.1) is 0 Å². The van der Waals surface area contributed by atoms with E-state index in [1.807, 2.05) is 23.9 Å². The van der Waals surface area contributed by atoms with Crippen LogP contribution in [0.25, 0.3) is 0 Å². The lowest BCUT2D eigenvalue weighted by Crippen LogP contribution is -2.44. The molecule has 0 aliphatic heterocycles. The zero-order valence-electron chi connectivity index (χ0n) is 13.9. The Morgan fingerprint density at radius 3 is 2.17 bits per heavy atom. The lowest BCUT2D eigenvalue weighted by Gasteiger charge is -2.13. The minimum atomic E-state index is -0.276. The van der Waals surface area contributed by atoms with Gasteiger partial charge in [0.2, 0.25) is 6.04 Å². The summed E-state index contributed by atoms with van der Waals surface area (Å²) < 4.78 is 1.93. The number of hydrogen-bond donors (Lipinski definition) is 1. The van der Waals surface area contributed by atoms with Crippen LogP contribution in [0.5, 0.6) is 0 Å². The van der Waals surface area contributed by atoms with Gasteiger partial charge in [-0.1, -0.05) is 25.4 Å². The third-order valence-corrected chi connectivity index (χ3v) is 4.53. The molecule has 0 spiro atoms. The smallest absolute Gasteiger partial charge is 0.293 e. The molecule has 1 aromatic heterocycles. The van der Waals surface area contributed by atoms with Crippen LogP contribution in [0.2, 0.25) is 5.02 Å². The first kappa shape index (κ1) is 17.5. The number of nitrogens with zero attached hydrogens (tertiary/aromatic N) is 1. The minimum absolute atomic E-state index is 0.0485. The number of carbonyl (C=O) groups excluding carboxylic acids is 1. The molecule has 23 heavy (non-hydrogen) atoms. The molecule has 0 fully saturated rings. The highest BCUT2D eigenvalue weighted by Crippen LogP contribution is 2.21. The van der Waals surface area contributed by atoms with Gasteiger partial charge in [-0.3, -0.25) is 4.79 Å². The molecule has 1 aromatic carbocycles. The lowest BCUT2D eigenvalue weighted by molar-refractivity contribution is -0.705. The summed E-state index contributed by atoms with van der Waals surface area (Å²) in [6.07, 6.45) is 6.24. The van der Waals surface area contributed by atoms with Gasteiger partial charge in [-0.15, -0.1) is 0 Å². The summed E-state index contributed by atoms with van der Waals surface area (Å²) in [5, 5.41) is 3.56. The van der Waals surface area contributed by atoms with Crippen LogP contribution in [-0.4, -0.2) is 5.91 Å². The molecule has 0 aliphatic carbocycles. The predicted octanol–water partition coefficient (Wildman–Crippen LogP) is 4.73. The molecule has 0 radical (unpaired) electrons. The third kappa shape index (κ3) is 4.55. The maximum Gasteiger partial charge on any atom is 0.293 e. The van der Waals surface area contributed by atoms with E-state index in [0.29, 0.717) is 10.9 Å². The molecule has 2 aromatic rings. The molecule has 0 saturated heterocycles. The van der Waals surface area contributed by atoms with E-state index < -0.39 is 0 Å². The Balaban J connectivity index is 2.05. The molecule has 1 N–H and O–H groups in total. The molecular weight excluding hydrogens is 308 g/mol. The molecule has 0 saturated carbocycles. The number of halogens is 1. The van der Waals surface area contributed by atoms with Crippen molar-refractivity contribution in [1.82, 2.24) is 0 Å². The highest BCUT2D eigenvalue weighted by Gasteiger charge is 2.22. The molecule has 0 unspecified atom stereocenters. The van der Waals surface area contributed by atoms with Gasteiger partial charge in [0.05, 0.1) is 0 Å². The Morgan fingerprint density at radius 2 is 1.65 bits per heavy atom. The van der Waals surface area contributed by atoms with E-state index in [0.717, 1.165) is 18.5 Å². The molecule has 1 atom stereocenters. The van der Waals surface area contributed by atoms with Crippen LogP contribution >= 0.6 is 11.6 Å². The summed E-state index contributed by atoms with van der Waals surface area (Å²) in [5.74, 6) is 0.537. The van der Waals surface area contributed by atoms with E-state index >= 15 is 0 Å². The molecule has 1 amide bonds. The van der Waals surface area contributed by atoms with Gasteiger partial charge in [-0.2, -0.15) is 4.57 Å². The first-order valence-corrected chi connectivity index (χ1v) is 8.50. The van der Waals surface area contributed by atoms with E-state index in [9.17, 15) is 4.79 Å². The van der Waals surface area contributed by atoms with Crippen molar-refractivity contribution >= 4 is 23.2 Å². The first-order chi connectivity index (χ1) is 11.0. The number of aromatic nitrogens is 1. The summed E-state index contributed by atoms with van der Waals surface area (Å²) >= 11 is 5.85. The largest absolute Gasteiger partial charge is 0.320 e. The van der Waals surface area contributed by atoms with Crippen LogP contribution in [0.3, 0.4) is 0 Å². The molecule has 2 rings (SSSR count). The Hall–Kier alpha value is -1.87. The molecule has 4 heteroatoms. The van der Waals surface area contributed by atoms with Crippen molar-refractivity contribution < 1.29 is 9.36 Å². The Morgan fingerprint density at radius 1 is 1.09 bits per heavy atom. The molecule has 122 valence electrons. The third-order valence-electron chi connectivity index (χ3n) is 4.27. The average Bonchev–Trinajstić information content (AvgIpc) is 2.58. The zero-order chi connectivity index (χ0) is 16.8. The van der Waals surface area contributed by atoms with Crippen molar-refractivity contribution in [2.75, 3.05) is 5.32 Å². The number of hydrogen-bond acceptors (Lipinski definition) is 1. The molecule has 3 nitrogen and oxygen atoms in total. The van der Waals surface area contributed by atoms with Crippen LogP contribution in [0.4, 0.5) is 5.69 Å². The standard InChI is InChI=1S/C19H23ClN2O/c1-4-15(5-2)16-10-12-22(13-11-16)14(3)19(23)21-18-8-6-17(20)7-9-18/h6-15H,4-5H2,1-3H3/p+1/t14-/m0/s1. The van der Waals surface area contributed by atoms with Crippen LogP contribution < -0.4 is 9.88 Å². The van der Waals surface area contributed by atoms with E-state index in [1.54, 1.807) is 24.3 Å². The summed E-state index contributed by atoms with van der Waals surface area (Å²) in [7, 11) is 0. The van der Waals surface area contributed by atoms with Crippen LogP contribution in [-0.2, 0) is 4.79 Å². The second kappa shape index (κ2) is 8.11. The van der Waals surface area contributed by atoms with Gasteiger partial charge in [0.25, 0.3) is 5.91 Å². The average molecular weight is 332 g/mol. The SMILES string of the molecule is CCC(CC)c1cc[n+]([C@@H](C)C(=O)Nc2ccc(Cl)cc2)cc1. The van der Waals surface area contributed by atoms with Gasteiger partial charge < -0.3 is 5.32 Å². The van der Waals surface area contributed by atoms with Crippen LogP contribution in [0.15, 0.2) is 48.8 Å². The van der Waals surface area contributed by atoms with Gasteiger partial charge >= 0.3 is 0 Å². The maximum atomic E-state index is 12.4. The number of anilines is 1. The molecule has 0 aliphatic rings. The van der Waals surface area contributed by atoms with Gasteiger partial charge in [0.1, 0.15) is 0 Å². The highest BCUT2D eigenvalue weighted by molar-refractivity contribution is 6.30. The van der Waals surface area contributed by atoms with Gasteiger partial charge in [0, 0.05) is 29.8 Å². The van der Waals surface area contributed by atoms with E-state index in [2.05, 4.69) is 31.3 Å². The van der Waals surface area contributed by atoms with E-state index in [-0.39, 0.29) is 11.9 Å². The van der Waals surface area contributed by atoms with E-state index in [4.69, 9.17) is 11.6 Å². The van der Waals surface area contributed by atoms with Crippen molar-refractivity contribution in [1.29, 1.82) is 0 Å². The fourth-order valence-corrected chi connectivity index (χ4v) is 2.78. The number of amides is 1. The van der Waals surface area contributed by atoms with Crippen molar-refractivity contribution in [3.05, 3.63) is 59.4 Å². The first-order valence-electron chi connectivity index (χ1n) is 8.12. The number of benzene rings is 1. The van der Waals surface area contributed by atoms with Crippen molar-refractivity contribution in [2.24, 2.45) is 0 Å². The monoisotopic (exact) mass is 331 g/mol. The quantitative estimate of drug-likeness (QED) is 0.762.